The molecule has 4 aromatic carbocycles. The normalized spacial score (nSPS) is 10.6. The van der Waals surface area contributed by atoms with Gasteiger partial charge < -0.3 is 15.2 Å². The monoisotopic (exact) mass is 615 g/mol. The van der Waals surface area contributed by atoms with E-state index in [0.717, 1.165) is 11.0 Å². The van der Waals surface area contributed by atoms with E-state index in [9.17, 15) is 18.0 Å². The van der Waals surface area contributed by atoms with Gasteiger partial charge in [0.15, 0.2) is 13.2 Å². The standard InChI is InChI=1S/C30H22ClN5O6S/c31-25-3-1-2-4-27(25)35-43(39,40)28-15-22(9-14-26(28)34)36(29(37)18-41-23-10-5-20(16-32)6-11-23)30(38)19-42-24-12-7-21(17-33)8-13-24/h1-15,35H,18-19,34H2. The highest BCUT2D eigenvalue weighted by atomic mass is 35.5. The summed E-state index contributed by atoms with van der Waals surface area (Å²) in [4.78, 5) is 27.1. The summed E-state index contributed by atoms with van der Waals surface area (Å²) < 4.78 is 40.0. The van der Waals surface area contributed by atoms with Crippen molar-refractivity contribution in [1.82, 2.24) is 0 Å². The number of nitrogens with one attached hydrogen (secondary N) is 1. The summed E-state index contributed by atoms with van der Waals surface area (Å²) >= 11 is 6.11. The van der Waals surface area contributed by atoms with Gasteiger partial charge in [-0.25, -0.2) is 13.3 Å². The second-order valence-corrected chi connectivity index (χ2v) is 10.8. The SMILES string of the molecule is N#Cc1ccc(OCC(=O)N(C(=O)COc2ccc(C#N)cc2)c2ccc(N)c(S(=O)(=O)Nc3ccccc3Cl)c2)cc1. The van der Waals surface area contributed by atoms with E-state index in [0.29, 0.717) is 11.1 Å². The Morgan fingerprint density at radius 3 is 1.81 bits per heavy atom. The number of nitrogens with two attached hydrogens (primary N) is 1. The molecular formula is C30H22ClN5O6S. The van der Waals surface area contributed by atoms with Gasteiger partial charge in [-0.2, -0.15) is 10.5 Å². The molecule has 43 heavy (non-hydrogen) atoms. The van der Waals surface area contributed by atoms with Crippen molar-refractivity contribution in [2.24, 2.45) is 0 Å². The molecule has 0 aliphatic heterocycles. The van der Waals surface area contributed by atoms with E-state index in [1.807, 2.05) is 12.1 Å². The lowest BCUT2D eigenvalue weighted by atomic mass is 10.2. The minimum absolute atomic E-state index is 0.101. The predicted octanol–water partition coefficient (Wildman–Crippen LogP) is 4.48. The van der Waals surface area contributed by atoms with Crippen LogP contribution in [0.5, 0.6) is 11.5 Å². The molecule has 0 fully saturated rings. The van der Waals surface area contributed by atoms with Crippen LogP contribution in [0.15, 0.2) is 95.9 Å². The minimum Gasteiger partial charge on any atom is -0.484 e. The number of nitrogen functional groups attached to an aromatic ring is 1. The number of rotatable bonds is 10. The zero-order valence-corrected chi connectivity index (χ0v) is 23.8. The van der Waals surface area contributed by atoms with Crippen LogP contribution in [0, 0.1) is 22.7 Å². The molecule has 0 atom stereocenters. The Morgan fingerprint density at radius 1 is 0.814 bits per heavy atom. The molecule has 2 amide bonds. The molecular weight excluding hydrogens is 594 g/mol. The van der Waals surface area contributed by atoms with Crippen molar-refractivity contribution in [2.75, 3.05) is 28.6 Å². The number of nitrogens with zero attached hydrogens (tertiary/aromatic N) is 3. The Morgan fingerprint density at radius 2 is 1.33 bits per heavy atom. The smallest absolute Gasteiger partial charge is 0.271 e. The van der Waals surface area contributed by atoms with Crippen molar-refractivity contribution >= 4 is 50.5 Å². The van der Waals surface area contributed by atoms with E-state index >= 15 is 0 Å². The van der Waals surface area contributed by atoms with Crippen LogP contribution in [0.2, 0.25) is 5.02 Å². The van der Waals surface area contributed by atoms with E-state index in [2.05, 4.69) is 4.72 Å². The Kier molecular flexibility index (Phi) is 9.47. The van der Waals surface area contributed by atoms with Crippen molar-refractivity contribution in [2.45, 2.75) is 4.90 Å². The highest BCUT2D eigenvalue weighted by molar-refractivity contribution is 7.93. The maximum Gasteiger partial charge on any atom is 0.271 e. The first-order valence-electron chi connectivity index (χ1n) is 12.4. The number of imide groups is 1. The fourth-order valence-corrected chi connectivity index (χ4v) is 5.21. The van der Waals surface area contributed by atoms with E-state index in [-0.39, 0.29) is 33.6 Å². The molecule has 0 unspecified atom stereocenters. The summed E-state index contributed by atoms with van der Waals surface area (Å²) in [5, 5.41) is 18.1. The Bertz CT molecular complexity index is 1780. The van der Waals surface area contributed by atoms with Crippen molar-refractivity contribution in [3.63, 3.8) is 0 Å². The third-order valence-corrected chi connectivity index (χ3v) is 7.60. The zero-order valence-electron chi connectivity index (χ0n) is 22.2. The van der Waals surface area contributed by atoms with Crippen LogP contribution in [-0.2, 0) is 19.6 Å². The van der Waals surface area contributed by atoms with E-state index < -0.39 is 39.9 Å². The molecule has 13 heteroatoms. The first-order chi connectivity index (χ1) is 20.6. The highest BCUT2D eigenvalue weighted by Gasteiger charge is 2.28. The van der Waals surface area contributed by atoms with Crippen LogP contribution in [0.1, 0.15) is 11.1 Å². The van der Waals surface area contributed by atoms with Crippen LogP contribution in [-0.4, -0.2) is 33.4 Å². The van der Waals surface area contributed by atoms with Crippen LogP contribution in [0.25, 0.3) is 0 Å². The molecule has 216 valence electrons. The topological polar surface area (TPSA) is 176 Å². The summed E-state index contributed by atoms with van der Waals surface area (Å²) in [5.74, 6) is -1.16. The summed E-state index contributed by atoms with van der Waals surface area (Å²) in [5.41, 5.74) is 6.61. The van der Waals surface area contributed by atoms with Gasteiger partial charge in [0.2, 0.25) is 0 Å². The molecule has 11 nitrogen and oxygen atoms in total. The van der Waals surface area contributed by atoms with Gasteiger partial charge in [0.1, 0.15) is 16.4 Å². The average molecular weight is 616 g/mol. The first-order valence-corrected chi connectivity index (χ1v) is 14.3. The Balaban J connectivity index is 1.63. The molecule has 3 N–H and O–H groups in total. The molecule has 0 aromatic heterocycles. The van der Waals surface area contributed by atoms with Crippen LogP contribution < -0.4 is 24.8 Å². The number of nitriles is 2. The van der Waals surface area contributed by atoms with Gasteiger partial charge in [0.25, 0.3) is 21.8 Å². The van der Waals surface area contributed by atoms with Crippen LogP contribution >= 0.6 is 11.6 Å². The highest BCUT2D eigenvalue weighted by Crippen LogP contribution is 2.30. The second-order valence-electron chi connectivity index (χ2n) is 8.78. The number of anilines is 3. The Hall–Kier alpha value is -5.56. The Labute approximate surface area is 252 Å². The predicted molar refractivity (Wildman–Crippen MR) is 159 cm³/mol. The van der Waals surface area contributed by atoms with Gasteiger partial charge in [0.05, 0.1) is 45.4 Å². The number of para-hydroxylation sites is 1. The maximum atomic E-state index is 13.4. The maximum absolute atomic E-state index is 13.4. The number of benzene rings is 4. The lowest BCUT2D eigenvalue weighted by Gasteiger charge is -2.22. The number of amides is 2. The lowest BCUT2D eigenvalue weighted by Crippen LogP contribution is -2.42. The lowest BCUT2D eigenvalue weighted by molar-refractivity contribution is -0.128. The molecule has 0 radical (unpaired) electrons. The average Bonchev–Trinajstić information content (AvgIpc) is 3.01. The quantitative estimate of drug-likeness (QED) is 0.243. The summed E-state index contributed by atoms with van der Waals surface area (Å²) in [7, 11) is -4.32. The molecule has 4 aromatic rings. The summed E-state index contributed by atoms with van der Waals surface area (Å²) in [6.45, 7) is -1.22. The van der Waals surface area contributed by atoms with Gasteiger partial charge in [-0.1, -0.05) is 23.7 Å². The zero-order chi connectivity index (χ0) is 31.0. The molecule has 0 heterocycles. The number of carbonyl (C=O) groups excluding carboxylic acids is 2. The van der Waals surface area contributed by atoms with Crippen molar-refractivity contribution in [1.29, 1.82) is 10.5 Å². The molecule has 0 bridgehead atoms. The van der Waals surface area contributed by atoms with Crippen molar-refractivity contribution in [3.8, 4) is 23.6 Å². The number of hydrogen-bond donors (Lipinski definition) is 2. The number of ether oxygens (including phenoxy) is 2. The fourth-order valence-electron chi connectivity index (χ4n) is 3.74. The van der Waals surface area contributed by atoms with E-state index in [1.54, 1.807) is 12.1 Å². The summed E-state index contributed by atoms with van der Waals surface area (Å²) in [6, 6.07) is 25.7. The van der Waals surface area contributed by atoms with Gasteiger partial charge in [-0.15, -0.1) is 0 Å². The van der Waals surface area contributed by atoms with Gasteiger partial charge in [-0.3, -0.25) is 14.3 Å². The minimum atomic E-state index is -4.32. The summed E-state index contributed by atoms with van der Waals surface area (Å²) in [6.07, 6.45) is 0. The van der Waals surface area contributed by atoms with Crippen molar-refractivity contribution in [3.05, 3.63) is 107 Å². The third kappa shape index (κ3) is 7.59. The molecule has 0 saturated carbocycles. The number of sulfonamides is 1. The van der Waals surface area contributed by atoms with Crippen molar-refractivity contribution < 1.29 is 27.5 Å². The molecule has 0 spiro atoms. The van der Waals surface area contributed by atoms with Crippen LogP contribution in [0.3, 0.4) is 0 Å². The molecule has 0 saturated heterocycles. The molecule has 4 rings (SSSR count). The first kappa shape index (κ1) is 30.4. The van der Waals surface area contributed by atoms with E-state index in [4.69, 9.17) is 37.3 Å². The van der Waals surface area contributed by atoms with Gasteiger partial charge in [0, 0.05) is 0 Å². The largest absolute Gasteiger partial charge is 0.484 e. The number of hydrogen-bond acceptors (Lipinski definition) is 9. The fraction of sp³-hybridized carbons (Fsp3) is 0.0667. The molecule has 0 aliphatic carbocycles. The van der Waals surface area contributed by atoms with Gasteiger partial charge >= 0.3 is 0 Å². The third-order valence-electron chi connectivity index (χ3n) is 5.85. The van der Waals surface area contributed by atoms with E-state index in [1.165, 1.54) is 72.8 Å². The number of carbonyl (C=O) groups is 2. The molecule has 0 aliphatic rings. The van der Waals surface area contributed by atoms with Crippen LogP contribution in [0.4, 0.5) is 17.1 Å². The second kappa shape index (κ2) is 13.4. The van der Waals surface area contributed by atoms with Gasteiger partial charge in [-0.05, 0) is 78.9 Å². The number of halogens is 1.